The van der Waals surface area contributed by atoms with Crippen LogP contribution in [-0.4, -0.2) is 50.5 Å². The van der Waals surface area contributed by atoms with Gasteiger partial charge in [0.2, 0.25) is 0 Å². The molecule has 2 rings (SSSR count). The zero-order valence-corrected chi connectivity index (χ0v) is 18.3. The van der Waals surface area contributed by atoms with Crippen molar-refractivity contribution < 1.29 is 19.7 Å². The third kappa shape index (κ3) is 5.28. The summed E-state index contributed by atoms with van der Waals surface area (Å²) in [6.45, 7) is 5.05. The Morgan fingerprint density at radius 3 is 2.70 bits per heavy atom. The number of fused-ring (bicyclic) bond motifs is 1. The van der Waals surface area contributed by atoms with Crippen LogP contribution in [-0.2, 0) is 4.74 Å². The van der Waals surface area contributed by atoms with Crippen LogP contribution in [0.5, 0.6) is 0 Å². The van der Waals surface area contributed by atoms with Crippen LogP contribution in [0, 0.1) is 11.3 Å². The summed E-state index contributed by atoms with van der Waals surface area (Å²) in [6, 6.07) is 7.36. The van der Waals surface area contributed by atoms with Crippen LogP contribution in [0.15, 0.2) is 24.4 Å². The van der Waals surface area contributed by atoms with Gasteiger partial charge in [0, 0.05) is 48.5 Å². The Morgan fingerprint density at radius 2 is 2.15 bits per heavy atom. The molecule has 0 spiro atoms. The molecule has 1 amide bonds. The van der Waals surface area contributed by atoms with Crippen molar-refractivity contribution >= 4 is 47.3 Å². The minimum absolute atomic E-state index is 0.0287. The maximum atomic E-state index is 12.4. The monoisotopic (exact) mass is 503 g/mol. The predicted molar refractivity (Wildman–Crippen MR) is 114 cm³/mol. The Labute approximate surface area is 174 Å². The Kier molecular flexibility index (Phi) is 7.39. The SMILES string of the molecule is CC(C)(C)OC(=O)N(CCO)CC(O)c1ccc(C#N)c2c1ccn2SI. The number of aliphatic hydroxyl groups excluding tert-OH is 2. The number of hydrogen-bond donors (Lipinski definition) is 2. The normalized spacial score (nSPS) is 12.6. The van der Waals surface area contributed by atoms with Crippen LogP contribution in [0.4, 0.5) is 4.79 Å². The smallest absolute Gasteiger partial charge is 0.410 e. The maximum absolute atomic E-state index is 12.4. The second-order valence-electron chi connectivity index (χ2n) is 6.95. The fourth-order valence-electron chi connectivity index (χ4n) is 2.70. The molecule has 0 aliphatic carbocycles. The fourth-order valence-corrected chi connectivity index (χ4v) is 4.06. The molecule has 9 heteroatoms. The van der Waals surface area contributed by atoms with E-state index in [1.807, 2.05) is 16.2 Å². The number of rotatable bonds is 6. The summed E-state index contributed by atoms with van der Waals surface area (Å²) in [5.41, 5.74) is 1.17. The number of nitriles is 1. The van der Waals surface area contributed by atoms with Crippen molar-refractivity contribution in [2.24, 2.45) is 0 Å². The van der Waals surface area contributed by atoms with Gasteiger partial charge in [0.1, 0.15) is 11.7 Å². The number of hydrogen-bond acceptors (Lipinski definition) is 6. The average Bonchev–Trinajstić information content (AvgIpc) is 3.03. The lowest BCUT2D eigenvalue weighted by Gasteiger charge is -2.28. The molecule has 1 atom stereocenters. The number of halogens is 1. The topological polar surface area (TPSA) is 98.7 Å². The molecule has 0 saturated heterocycles. The highest BCUT2D eigenvalue weighted by atomic mass is 127. The molecule has 146 valence electrons. The van der Waals surface area contributed by atoms with Gasteiger partial charge in [-0.05, 0) is 38.5 Å². The van der Waals surface area contributed by atoms with E-state index in [1.165, 1.54) is 14.0 Å². The highest BCUT2D eigenvalue weighted by molar-refractivity contribution is 14.2. The molecule has 0 aliphatic rings. The maximum Gasteiger partial charge on any atom is 0.410 e. The summed E-state index contributed by atoms with van der Waals surface area (Å²) >= 11 is 2.12. The highest BCUT2D eigenvalue weighted by Gasteiger charge is 2.25. The lowest BCUT2D eigenvalue weighted by molar-refractivity contribution is 0.0110. The Balaban J connectivity index is 2.33. The van der Waals surface area contributed by atoms with E-state index in [2.05, 4.69) is 27.3 Å². The van der Waals surface area contributed by atoms with E-state index in [-0.39, 0.29) is 19.7 Å². The number of carbonyl (C=O) groups excluding carboxylic acids is 1. The third-order valence-electron chi connectivity index (χ3n) is 3.82. The summed E-state index contributed by atoms with van der Waals surface area (Å²) in [7, 11) is 1.42. The number of aromatic nitrogens is 1. The summed E-state index contributed by atoms with van der Waals surface area (Å²) < 4.78 is 7.20. The van der Waals surface area contributed by atoms with E-state index in [1.54, 1.807) is 32.9 Å². The molecular weight excluding hydrogens is 481 g/mol. The van der Waals surface area contributed by atoms with E-state index >= 15 is 0 Å². The van der Waals surface area contributed by atoms with E-state index < -0.39 is 17.8 Å². The molecule has 1 heterocycles. The van der Waals surface area contributed by atoms with E-state index in [9.17, 15) is 20.3 Å². The Bertz CT molecular complexity index is 857. The van der Waals surface area contributed by atoms with Crippen molar-refractivity contribution in [2.45, 2.75) is 32.5 Å². The van der Waals surface area contributed by atoms with Gasteiger partial charge in [-0.25, -0.2) is 4.79 Å². The second kappa shape index (κ2) is 9.14. The zero-order valence-electron chi connectivity index (χ0n) is 15.3. The van der Waals surface area contributed by atoms with E-state index in [0.29, 0.717) is 11.1 Å². The van der Waals surface area contributed by atoms with Crippen molar-refractivity contribution in [1.82, 2.24) is 8.87 Å². The Hall–Kier alpha value is -1.48. The first-order valence-electron chi connectivity index (χ1n) is 8.31. The zero-order chi connectivity index (χ0) is 20.2. The van der Waals surface area contributed by atoms with Gasteiger partial charge in [0.25, 0.3) is 0 Å². The van der Waals surface area contributed by atoms with Gasteiger partial charge in [0.15, 0.2) is 0 Å². The molecule has 1 aromatic carbocycles. The molecular formula is C18H22IN3O4S. The first kappa shape index (κ1) is 21.8. The van der Waals surface area contributed by atoms with Crippen LogP contribution in [0.1, 0.15) is 38.0 Å². The largest absolute Gasteiger partial charge is 0.444 e. The average molecular weight is 503 g/mol. The van der Waals surface area contributed by atoms with Gasteiger partial charge in [0.05, 0.1) is 30.3 Å². The quantitative estimate of drug-likeness (QED) is 0.585. The van der Waals surface area contributed by atoms with Gasteiger partial charge in [-0.15, -0.1) is 0 Å². The highest BCUT2D eigenvalue weighted by Crippen LogP contribution is 2.32. The summed E-state index contributed by atoms with van der Waals surface area (Å²) in [5, 5.41) is 30.2. The van der Waals surface area contributed by atoms with Gasteiger partial charge in [-0.2, -0.15) is 5.26 Å². The summed E-state index contributed by atoms with van der Waals surface area (Å²) in [4.78, 5) is 13.6. The van der Waals surface area contributed by atoms with Crippen molar-refractivity contribution in [1.29, 1.82) is 5.26 Å². The molecule has 0 aliphatic heterocycles. The van der Waals surface area contributed by atoms with Crippen molar-refractivity contribution in [2.75, 3.05) is 19.7 Å². The molecule has 27 heavy (non-hydrogen) atoms. The van der Waals surface area contributed by atoms with Crippen LogP contribution in [0.2, 0.25) is 0 Å². The van der Waals surface area contributed by atoms with Crippen molar-refractivity contribution in [3.05, 3.63) is 35.5 Å². The lowest BCUT2D eigenvalue weighted by atomic mass is 10.0. The Morgan fingerprint density at radius 1 is 1.44 bits per heavy atom. The summed E-state index contributed by atoms with van der Waals surface area (Å²) in [6.07, 6.45) is 0.244. The number of amides is 1. The minimum atomic E-state index is -0.991. The first-order chi connectivity index (χ1) is 12.7. The van der Waals surface area contributed by atoms with Gasteiger partial charge >= 0.3 is 6.09 Å². The molecule has 1 aromatic heterocycles. The van der Waals surface area contributed by atoms with Gasteiger partial charge in [-0.1, -0.05) is 6.07 Å². The molecule has 2 N–H and O–H groups in total. The predicted octanol–water partition coefficient (Wildman–Crippen LogP) is 3.62. The van der Waals surface area contributed by atoms with Gasteiger partial charge < -0.3 is 19.8 Å². The van der Waals surface area contributed by atoms with Crippen molar-refractivity contribution in [3.8, 4) is 6.07 Å². The van der Waals surface area contributed by atoms with Crippen LogP contribution in [0.3, 0.4) is 0 Å². The van der Waals surface area contributed by atoms with E-state index in [0.717, 1.165) is 10.9 Å². The van der Waals surface area contributed by atoms with Crippen LogP contribution < -0.4 is 0 Å². The summed E-state index contributed by atoms with van der Waals surface area (Å²) in [5.74, 6) is 0. The number of aliphatic hydroxyl groups is 2. The van der Waals surface area contributed by atoms with Crippen LogP contribution >= 0.6 is 30.3 Å². The van der Waals surface area contributed by atoms with E-state index in [4.69, 9.17) is 4.74 Å². The molecule has 0 bridgehead atoms. The molecule has 0 radical (unpaired) electrons. The molecule has 7 nitrogen and oxygen atoms in total. The standard InChI is InChI=1S/C18H22IN3O4S/c1-18(2,3)26-17(25)21(8-9-23)11-15(24)13-5-4-12(10-20)16-14(13)6-7-22(16)27-19/h4-7,15,23-24H,8-9,11H2,1-3H3. The molecule has 0 saturated carbocycles. The fraction of sp³-hybridized carbons (Fsp3) is 0.444. The van der Waals surface area contributed by atoms with Crippen molar-refractivity contribution in [3.63, 3.8) is 0 Å². The molecule has 1 unspecified atom stereocenters. The van der Waals surface area contributed by atoms with Crippen LogP contribution in [0.25, 0.3) is 10.9 Å². The number of ether oxygens (including phenoxy) is 1. The molecule has 2 aromatic rings. The first-order valence-corrected chi connectivity index (χ1v) is 11.6. The number of carbonyl (C=O) groups is 1. The molecule has 0 fully saturated rings. The third-order valence-corrected chi connectivity index (χ3v) is 5.54. The van der Waals surface area contributed by atoms with Gasteiger partial charge in [-0.3, -0.25) is 3.97 Å². The number of nitrogens with zero attached hydrogens (tertiary/aromatic N) is 3. The minimum Gasteiger partial charge on any atom is -0.444 e. The second-order valence-corrected chi connectivity index (χ2v) is 8.67. The number of benzene rings is 1. The lowest BCUT2D eigenvalue weighted by Crippen LogP contribution is -2.40.